The van der Waals surface area contributed by atoms with Gasteiger partial charge in [0.2, 0.25) is 5.91 Å². The fourth-order valence-corrected chi connectivity index (χ4v) is 4.38. The second kappa shape index (κ2) is 7.85. The molecule has 0 atom stereocenters. The minimum Gasteiger partial charge on any atom is -0.354 e. The average Bonchev–Trinajstić information content (AvgIpc) is 3.23. The van der Waals surface area contributed by atoms with Gasteiger partial charge in [0.25, 0.3) is 5.91 Å². The van der Waals surface area contributed by atoms with Gasteiger partial charge in [-0.05, 0) is 43.7 Å². The van der Waals surface area contributed by atoms with Crippen molar-refractivity contribution in [3.05, 3.63) is 30.1 Å². The first-order valence-corrected chi connectivity index (χ1v) is 10.3. The van der Waals surface area contributed by atoms with Crippen LogP contribution in [0.5, 0.6) is 0 Å². The molecule has 2 heterocycles. The molecule has 154 valence electrons. The molecule has 1 saturated carbocycles. The normalized spacial score (nSPS) is 24.3. The summed E-state index contributed by atoms with van der Waals surface area (Å²) in [5.41, 5.74) is 1.03. The zero-order valence-electron chi connectivity index (χ0n) is 16.7. The van der Waals surface area contributed by atoms with E-state index in [1.165, 1.54) is 0 Å². The molecule has 8 heteroatoms. The van der Waals surface area contributed by atoms with Crippen molar-refractivity contribution in [1.82, 2.24) is 25.5 Å². The first-order chi connectivity index (χ1) is 14.0. The number of H-pyrrole nitrogens is 1. The summed E-state index contributed by atoms with van der Waals surface area (Å²) in [6.07, 6.45) is 4.80. The van der Waals surface area contributed by atoms with E-state index in [0.29, 0.717) is 31.7 Å². The van der Waals surface area contributed by atoms with Gasteiger partial charge in [0.15, 0.2) is 0 Å². The van der Waals surface area contributed by atoms with E-state index >= 15 is 0 Å². The molecule has 29 heavy (non-hydrogen) atoms. The number of carbonyl (C=O) groups excluding carboxylic acids is 3. The maximum absolute atomic E-state index is 12.9. The number of hydrogen-bond donors (Lipinski definition) is 3. The number of carbonyl (C=O) groups is 3. The van der Waals surface area contributed by atoms with Crippen LogP contribution in [-0.2, 0) is 16.0 Å². The van der Waals surface area contributed by atoms with Crippen molar-refractivity contribution in [2.75, 3.05) is 13.1 Å². The van der Waals surface area contributed by atoms with Crippen LogP contribution in [-0.4, -0.2) is 51.3 Å². The third-order valence-electron chi connectivity index (χ3n) is 6.21. The standard InChI is InChI=1S/C21H27N5O3/c1-2-14-7-10-21(11-8-14)19(28)26(20(29)25-21)13-18(27)22-12-9-17-23-15-5-3-4-6-16(15)24-17/h3-6,14H,2,7-13H2,1H3,(H,22,27)(H,23,24)(H,25,29). The number of nitrogens with one attached hydrogen (secondary N) is 3. The number of para-hydroxylation sites is 2. The Balaban J connectivity index is 1.29. The monoisotopic (exact) mass is 397 g/mol. The minimum absolute atomic E-state index is 0.246. The Morgan fingerprint density at radius 1 is 1.28 bits per heavy atom. The molecule has 3 N–H and O–H groups in total. The van der Waals surface area contributed by atoms with Crippen molar-refractivity contribution in [3.8, 4) is 0 Å². The number of rotatable bonds is 6. The van der Waals surface area contributed by atoms with Crippen LogP contribution in [0.3, 0.4) is 0 Å². The fraction of sp³-hybridized carbons (Fsp3) is 0.524. The Morgan fingerprint density at radius 3 is 2.76 bits per heavy atom. The highest BCUT2D eigenvalue weighted by Crippen LogP contribution is 2.37. The van der Waals surface area contributed by atoms with E-state index in [9.17, 15) is 14.4 Å². The van der Waals surface area contributed by atoms with Gasteiger partial charge in [-0.2, -0.15) is 0 Å². The van der Waals surface area contributed by atoms with E-state index in [1.807, 2.05) is 24.3 Å². The molecule has 1 aromatic carbocycles. The van der Waals surface area contributed by atoms with E-state index in [4.69, 9.17) is 0 Å². The molecular weight excluding hydrogens is 370 g/mol. The summed E-state index contributed by atoms with van der Waals surface area (Å²) in [7, 11) is 0. The first-order valence-electron chi connectivity index (χ1n) is 10.3. The first kappa shape index (κ1) is 19.4. The summed E-state index contributed by atoms with van der Waals surface area (Å²) in [6.45, 7) is 2.29. The van der Waals surface area contributed by atoms with Crippen LogP contribution >= 0.6 is 0 Å². The highest BCUT2D eigenvalue weighted by molar-refractivity contribution is 6.09. The van der Waals surface area contributed by atoms with Crippen molar-refractivity contribution in [2.45, 2.75) is 51.0 Å². The molecular formula is C21H27N5O3. The van der Waals surface area contributed by atoms with E-state index in [-0.39, 0.29) is 18.4 Å². The molecule has 0 unspecified atom stereocenters. The zero-order valence-corrected chi connectivity index (χ0v) is 16.7. The van der Waals surface area contributed by atoms with E-state index in [0.717, 1.165) is 41.0 Å². The average molecular weight is 397 g/mol. The number of urea groups is 1. The van der Waals surface area contributed by atoms with E-state index in [2.05, 4.69) is 27.5 Å². The summed E-state index contributed by atoms with van der Waals surface area (Å²) in [5, 5.41) is 5.64. The van der Waals surface area contributed by atoms with Crippen LogP contribution < -0.4 is 10.6 Å². The lowest BCUT2D eigenvalue weighted by molar-refractivity contribution is -0.136. The smallest absolute Gasteiger partial charge is 0.325 e. The number of aromatic nitrogens is 2. The zero-order chi connectivity index (χ0) is 20.4. The van der Waals surface area contributed by atoms with Gasteiger partial charge in [-0.3, -0.25) is 14.5 Å². The van der Waals surface area contributed by atoms with Crippen molar-refractivity contribution in [3.63, 3.8) is 0 Å². The SMILES string of the molecule is CCC1CCC2(CC1)NC(=O)N(CC(=O)NCCc1nc3ccccc3[nH]1)C2=O. The topological polar surface area (TPSA) is 107 Å². The molecule has 0 radical (unpaired) electrons. The molecule has 4 amide bonds. The lowest BCUT2D eigenvalue weighted by atomic mass is 9.75. The van der Waals surface area contributed by atoms with Gasteiger partial charge in [-0.25, -0.2) is 9.78 Å². The highest BCUT2D eigenvalue weighted by Gasteiger charge is 2.52. The summed E-state index contributed by atoms with van der Waals surface area (Å²) < 4.78 is 0. The summed E-state index contributed by atoms with van der Waals surface area (Å²) in [6, 6.07) is 7.28. The Hall–Kier alpha value is -2.90. The van der Waals surface area contributed by atoms with Crippen LogP contribution in [0.4, 0.5) is 4.79 Å². The van der Waals surface area contributed by atoms with Gasteiger partial charge in [-0.1, -0.05) is 25.5 Å². The summed E-state index contributed by atoms with van der Waals surface area (Å²) >= 11 is 0. The van der Waals surface area contributed by atoms with Crippen molar-refractivity contribution in [2.24, 2.45) is 5.92 Å². The fourth-order valence-electron chi connectivity index (χ4n) is 4.38. The second-order valence-electron chi connectivity index (χ2n) is 8.06. The van der Waals surface area contributed by atoms with Crippen LogP contribution in [0.2, 0.25) is 0 Å². The van der Waals surface area contributed by atoms with Crippen LogP contribution in [0.15, 0.2) is 24.3 Å². The minimum atomic E-state index is -0.808. The van der Waals surface area contributed by atoms with Gasteiger partial charge in [-0.15, -0.1) is 0 Å². The maximum Gasteiger partial charge on any atom is 0.325 e. The summed E-state index contributed by atoms with van der Waals surface area (Å²) in [5.74, 6) is 0.794. The lowest BCUT2D eigenvalue weighted by Crippen LogP contribution is -2.50. The van der Waals surface area contributed by atoms with E-state index in [1.54, 1.807) is 0 Å². The number of hydrogen-bond acceptors (Lipinski definition) is 4. The van der Waals surface area contributed by atoms with Crippen molar-refractivity contribution < 1.29 is 14.4 Å². The maximum atomic E-state index is 12.9. The molecule has 2 aliphatic rings. The highest BCUT2D eigenvalue weighted by atomic mass is 16.2. The molecule has 2 fully saturated rings. The quantitative estimate of drug-likeness (QED) is 0.649. The molecule has 2 aromatic rings. The number of fused-ring (bicyclic) bond motifs is 1. The van der Waals surface area contributed by atoms with Gasteiger partial charge in [0.1, 0.15) is 17.9 Å². The molecule has 1 aliphatic carbocycles. The molecule has 1 aromatic heterocycles. The number of imide groups is 1. The van der Waals surface area contributed by atoms with Gasteiger partial charge in [0.05, 0.1) is 11.0 Å². The van der Waals surface area contributed by atoms with Gasteiger partial charge in [0, 0.05) is 13.0 Å². The van der Waals surface area contributed by atoms with Crippen LogP contribution in [0.1, 0.15) is 44.9 Å². The van der Waals surface area contributed by atoms with Crippen molar-refractivity contribution >= 4 is 28.9 Å². The third-order valence-corrected chi connectivity index (χ3v) is 6.21. The Kier molecular flexibility index (Phi) is 5.25. The number of amides is 4. The van der Waals surface area contributed by atoms with E-state index < -0.39 is 11.6 Å². The predicted molar refractivity (Wildman–Crippen MR) is 108 cm³/mol. The molecule has 0 bridgehead atoms. The van der Waals surface area contributed by atoms with Crippen LogP contribution in [0, 0.1) is 5.92 Å². The van der Waals surface area contributed by atoms with Crippen LogP contribution in [0.25, 0.3) is 11.0 Å². The molecule has 4 rings (SSSR count). The van der Waals surface area contributed by atoms with Gasteiger partial charge < -0.3 is 15.6 Å². The predicted octanol–water partition coefficient (Wildman–Crippen LogP) is 2.11. The Labute approximate surface area is 169 Å². The number of aromatic amines is 1. The lowest BCUT2D eigenvalue weighted by Gasteiger charge is -2.34. The van der Waals surface area contributed by atoms with Gasteiger partial charge >= 0.3 is 6.03 Å². The Bertz CT molecular complexity index is 896. The molecule has 1 aliphatic heterocycles. The Morgan fingerprint density at radius 2 is 2.03 bits per heavy atom. The largest absolute Gasteiger partial charge is 0.354 e. The molecule has 8 nitrogen and oxygen atoms in total. The molecule has 1 spiro atoms. The second-order valence-corrected chi connectivity index (χ2v) is 8.06. The number of imidazole rings is 1. The molecule has 1 saturated heterocycles. The third kappa shape index (κ3) is 3.83. The van der Waals surface area contributed by atoms with Crippen molar-refractivity contribution in [1.29, 1.82) is 0 Å². The number of benzene rings is 1. The summed E-state index contributed by atoms with van der Waals surface area (Å²) in [4.78, 5) is 46.3. The number of nitrogens with zero attached hydrogens (tertiary/aromatic N) is 2.